The van der Waals surface area contributed by atoms with Crippen LogP contribution in [0.2, 0.25) is 10.0 Å². The molecule has 0 saturated carbocycles. The number of piperidine rings is 1. The van der Waals surface area contributed by atoms with E-state index in [1.54, 1.807) is 13.2 Å². The molecule has 0 bridgehead atoms. The van der Waals surface area contributed by atoms with Gasteiger partial charge in [-0.25, -0.2) is 0 Å². The SMILES string of the molecule is COc1cc(N2CCCCC2)c(Cl)cc1Cl. The highest BCUT2D eigenvalue weighted by Crippen LogP contribution is 2.37. The van der Waals surface area contributed by atoms with E-state index in [2.05, 4.69) is 4.90 Å². The van der Waals surface area contributed by atoms with Crippen LogP contribution in [0.4, 0.5) is 5.69 Å². The lowest BCUT2D eigenvalue weighted by atomic mass is 10.1. The molecule has 1 aromatic carbocycles. The highest BCUT2D eigenvalue weighted by atomic mass is 35.5. The van der Waals surface area contributed by atoms with Crippen molar-refractivity contribution in [1.82, 2.24) is 0 Å². The van der Waals surface area contributed by atoms with E-state index in [0.29, 0.717) is 15.8 Å². The normalized spacial score (nSPS) is 16.3. The van der Waals surface area contributed by atoms with E-state index in [-0.39, 0.29) is 0 Å². The van der Waals surface area contributed by atoms with Crippen LogP contribution in [0, 0.1) is 0 Å². The second-order valence-electron chi connectivity index (χ2n) is 3.99. The van der Waals surface area contributed by atoms with E-state index in [1.165, 1.54) is 19.3 Å². The third-order valence-electron chi connectivity index (χ3n) is 2.92. The first kappa shape index (κ1) is 11.9. The van der Waals surface area contributed by atoms with E-state index in [9.17, 15) is 0 Å². The van der Waals surface area contributed by atoms with Gasteiger partial charge in [0.25, 0.3) is 0 Å². The molecule has 1 aromatic rings. The van der Waals surface area contributed by atoms with Crippen molar-refractivity contribution in [2.45, 2.75) is 19.3 Å². The first-order valence-corrected chi connectivity index (χ1v) is 6.26. The monoisotopic (exact) mass is 259 g/mol. The average Bonchev–Trinajstić information content (AvgIpc) is 2.30. The van der Waals surface area contributed by atoms with Crippen molar-refractivity contribution in [3.05, 3.63) is 22.2 Å². The Kier molecular flexibility index (Phi) is 3.82. The number of rotatable bonds is 2. The molecule has 1 aliphatic heterocycles. The Hall–Kier alpha value is -0.600. The Morgan fingerprint density at radius 2 is 1.75 bits per heavy atom. The third kappa shape index (κ3) is 2.38. The minimum Gasteiger partial charge on any atom is -0.495 e. The molecular weight excluding hydrogens is 245 g/mol. The summed E-state index contributed by atoms with van der Waals surface area (Å²) in [6.07, 6.45) is 3.75. The molecule has 0 unspecified atom stereocenters. The Labute approximate surface area is 106 Å². The van der Waals surface area contributed by atoms with Crippen molar-refractivity contribution >= 4 is 28.9 Å². The topological polar surface area (TPSA) is 12.5 Å². The van der Waals surface area contributed by atoms with Gasteiger partial charge in [0.2, 0.25) is 0 Å². The molecule has 1 aliphatic rings. The molecule has 0 atom stereocenters. The van der Waals surface area contributed by atoms with Crippen LogP contribution in [0.3, 0.4) is 0 Å². The lowest BCUT2D eigenvalue weighted by Crippen LogP contribution is -2.29. The zero-order valence-corrected chi connectivity index (χ0v) is 10.8. The smallest absolute Gasteiger partial charge is 0.139 e. The van der Waals surface area contributed by atoms with Crippen molar-refractivity contribution in [3.63, 3.8) is 0 Å². The van der Waals surface area contributed by atoms with Crippen LogP contribution < -0.4 is 9.64 Å². The van der Waals surface area contributed by atoms with E-state index < -0.39 is 0 Å². The molecule has 0 N–H and O–H groups in total. The maximum Gasteiger partial charge on any atom is 0.139 e. The predicted molar refractivity (Wildman–Crippen MR) is 69.1 cm³/mol. The van der Waals surface area contributed by atoms with E-state index >= 15 is 0 Å². The second kappa shape index (κ2) is 5.15. The van der Waals surface area contributed by atoms with E-state index in [1.807, 2.05) is 6.07 Å². The standard InChI is InChI=1S/C12H15Cl2NO/c1-16-12-8-11(9(13)7-10(12)14)15-5-3-2-4-6-15/h7-8H,2-6H2,1H3. The van der Waals surface area contributed by atoms with Gasteiger partial charge in [0.05, 0.1) is 22.8 Å². The number of hydrogen-bond acceptors (Lipinski definition) is 2. The van der Waals surface area contributed by atoms with Gasteiger partial charge in [0.1, 0.15) is 5.75 Å². The summed E-state index contributed by atoms with van der Waals surface area (Å²) < 4.78 is 5.21. The second-order valence-corrected chi connectivity index (χ2v) is 4.80. The van der Waals surface area contributed by atoms with Gasteiger partial charge in [0, 0.05) is 19.2 Å². The number of anilines is 1. The largest absolute Gasteiger partial charge is 0.495 e. The van der Waals surface area contributed by atoms with Crippen LogP contribution >= 0.6 is 23.2 Å². The van der Waals surface area contributed by atoms with Crippen LogP contribution in [0.15, 0.2) is 12.1 Å². The van der Waals surface area contributed by atoms with Gasteiger partial charge in [-0.2, -0.15) is 0 Å². The fourth-order valence-electron chi connectivity index (χ4n) is 2.05. The number of nitrogens with zero attached hydrogens (tertiary/aromatic N) is 1. The van der Waals surface area contributed by atoms with Crippen molar-refractivity contribution in [1.29, 1.82) is 0 Å². The summed E-state index contributed by atoms with van der Waals surface area (Å²) in [5.74, 6) is 0.687. The van der Waals surface area contributed by atoms with Crippen LogP contribution in [0.25, 0.3) is 0 Å². The quantitative estimate of drug-likeness (QED) is 0.797. The number of benzene rings is 1. The minimum atomic E-state index is 0.563. The third-order valence-corrected chi connectivity index (χ3v) is 3.52. The van der Waals surface area contributed by atoms with Gasteiger partial charge < -0.3 is 9.64 Å². The molecule has 88 valence electrons. The molecule has 0 aromatic heterocycles. The molecule has 4 heteroatoms. The maximum absolute atomic E-state index is 6.21. The van der Waals surface area contributed by atoms with Crippen LogP contribution in [0.1, 0.15) is 19.3 Å². The lowest BCUT2D eigenvalue weighted by Gasteiger charge is -2.30. The summed E-state index contributed by atoms with van der Waals surface area (Å²) in [6.45, 7) is 2.12. The number of hydrogen-bond donors (Lipinski definition) is 0. The average molecular weight is 260 g/mol. The predicted octanol–water partition coefficient (Wildman–Crippen LogP) is 3.99. The zero-order chi connectivity index (χ0) is 11.5. The van der Waals surface area contributed by atoms with Crippen LogP contribution in [-0.2, 0) is 0 Å². The maximum atomic E-state index is 6.21. The molecule has 0 amide bonds. The molecular formula is C12H15Cl2NO. The van der Waals surface area contributed by atoms with Gasteiger partial charge in [-0.05, 0) is 25.3 Å². The molecule has 0 aliphatic carbocycles. The first-order valence-electron chi connectivity index (χ1n) is 5.50. The molecule has 0 radical (unpaired) electrons. The molecule has 1 heterocycles. The first-order chi connectivity index (χ1) is 7.72. The van der Waals surface area contributed by atoms with Gasteiger partial charge in [-0.15, -0.1) is 0 Å². The van der Waals surface area contributed by atoms with Crippen molar-refractivity contribution < 1.29 is 4.74 Å². The Bertz CT molecular complexity index is 376. The van der Waals surface area contributed by atoms with Crippen molar-refractivity contribution in [3.8, 4) is 5.75 Å². The minimum absolute atomic E-state index is 0.563. The fraction of sp³-hybridized carbons (Fsp3) is 0.500. The summed E-state index contributed by atoms with van der Waals surface area (Å²) in [5, 5.41) is 1.26. The van der Waals surface area contributed by atoms with Crippen molar-refractivity contribution in [2.75, 3.05) is 25.1 Å². The zero-order valence-electron chi connectivity index (χ0n) is 9.30. The van der Waals surface area contributed by atoms with E-state index in [0.717, 1.165) is 18.8 Å². The summed E-state index contributed by atoms with van der Waals surface area (Å²) >= 11 is 12.2. The number of ether oxygens (including phenoxy) is 1. The molecule has 2 rings (SSSR count). The van der Waals surface area contributed by atoms with Gasteiger partial charge in [0.15, 0.2) is 0 Å². The highest BCUT2D eigenvalue weighted by Gasteiger charge is 2.16. The molecule has 1 fully saturated rings. The van der Waals surface area contributed by atoms with Crippen LogP contribution in [0.5, 0.6) is 5.75 Å². The van der Waals surface area contributed by atoms with Crippen molar-refractivity contribution in [2.24, 2.45) is 0 Å². The highest BCUT2D eigenvalue weighted by molar-refractivity contribution is 6.37. The summed E-state index contributed by atoms with van der Waals surface area (Å²) in [7, 11) is 1.62. The van der Waals surface area contributed by atoms with Gasteiger partial charge >= 0.3 is 0 Å². The van der Waals surface area contributed by atoms with E-state index in [4.69, 9.17) is 27.9 Å². The molecule has 0 spiro atoms. The molecule has 16 heavy (non-hydrogen) atoms. The molecule has 2 nitrogen and oxygen atoms in total. The summed E-state index contributed by atoms with van der Waals surface area (Å²) in [4.78, 5) is 2.30. The number of methoxy groups -OCH3 is 1. The lowest BCUT2D eigenvalue weighted by molar-refractivity contribution is 0.415. The van der Waals surface area contributed by atoms with Crippen LogP contribution in [-0.4, -0.2) is 20.2 Å². The Morgan fingerprint density at radius 1 is 1.06 bits per heavy atom. The number of halogens is 2. The van der Waals surface area contributed by atoms with Gasteiger partial charge in [-0.3, -0.25) is 0 Å². The summed E-state index contributed by atoms with van der Waals surface area (Å²) in [6, 6.07) is 3.68. The Balaban J connectivity index is 2.31. The Morgan fingerprint density at radius 3 is 2.38 bits per heavy atom. The summed E-state index contributed by atoms with van der Waals surface area (Å²) in [5.41, 5.74) is 1.03. The van der Waals surface area contributed by atoms with Gasteiger partial charge in [-0.1, -0.05) is 23.2 Å². The fourth-order valence-corrected chi connectivity index (χ4v) is 2.63. The molecule has 1 saturated heterocycles.